The predicted octanol–water partition coefficient (Wildman–Crippen LogP) is 4.17. The molecule has 1 atom stereocenters. The molecule has 0 aromatic heterocycles. The molecule has 0 aliphatic carbocycles. The second kappa shape index (κ2) is 7.58. The van der Waals surface area contributed by atoms with Crippen LogP contribution in [0.4, 0.5) is 5.69 Å². The van der Waals surface area contributed by atoms with E-state index < -0.39 is 0 Å². The van der Waals surface area contributed by atoms with Crippen LogP contribution in [0.2, 0.25) is 0 Å². The van der Waals surface area contributed by atoms with Gasteiger partial charge in [-0.05, 0) is 37.1 Å². The molecule has 26 heavy (non-hydrogen) atoms. The number of methoxy groups -OCH3 is 3. The van der Waals surface area contributed by atoms with Crippen molar-refractivity contribution in [3.63, 3.8) is 0 Å². The van der Waals surface area contributed by atoms with Gasteiger partial charge in [0.1, 0.15) is 17.2 Å². The summed E-state index contributed by atoms with van der Waals surface area (Å²) >= 11 is 3.52. The molecule has 0 bridgehead atoms. The zero-order chi connectivity index (χ0) is 18.8. The first kappa shape index (κ1) is 18.6. The van der Waals surface area contributed by atoms with Gasteiger partial charge < -0.3 is 19.1 Å². The van der Waals surface area contributed by atoms with Gasteiger partial charge >= 0.3 is 0 Å². The third kappa shape index (κ3) is 3.14. The molecule has 3 rings (SSSR count). The first-order valence-electron chi connectivity index (χ1n) is 8.43. The number of rotatable bonds is 6. The summed E-state index contributed by atoms with van der Waals surface area (Å²) in [6.07, 6.45) is 0.495. The smallest absolute Gasteiger partial charge is 0.234 e. The minimum absolute atomic E-state index is 0.0977. The highest BCUT2D eigenvalue weighted by atomic mass is 79.9. The molecule has 1 aliphatic rings. The molecule has 0 radical (unpaired) electrons. The summed E-state index contributed by atoms with van der Waals surface area (Å²) in [5.41, 5.74) is 2.85. The molecule has 0 unspecified atom stereocenters. The highest BCUT2D eigenvalue weighted by Gasteiger charge is 2.37. The molecule has 1 heterocycles. The molecule has 0 saturated carbocycles. The first-order chi connectivity index (χ1) is 12.5. The molecule has 6 heteroatoms. The minimum Gasteiger partial charge on any atom is -0.496 e. The molecule has 5 nitrogen and oxygen atoms in total. The Morgan fingerprint density at radius 2 is 1.69 bits per heavy atom. The van der Waals surface area contributed by atoms with Crippen LogP contribution >= 0.6 is 15.9 Å². The van der Waals surface area contributed by atoms with Gasteiger partial charge in [-0.1, -0.05) is 15.9 Å². The summed E-state index contributed by atoms with van der Waals surface area (Å²) in [6.45, 7) is 2.63. The Morgan fingerprint density at radius 3 is 2.23 bits per heavy atom. The SMILES string of the molecule is CCN1C(=O)[C@@H](Cc2c(OC)cc(OC)cc2OC)c2cc(Br)ccc21. The lowest BCUT2D eigenvalue weighted by atomic mass is 9.92. The third-order valence-corrected chi connectivity index (χ3v) is 5.25. The zero-order valence-corrected chi connectivity index (χ0v) is 16.9. The van der Waals surface area contributed by atoms with Gasteiger partial charge in [0.05, 0.1) is 27.2 Å². The van der Waals surface area contributed by atoms with E-state index in [1.54, 1.807) is 21.3 Å². The van der Waals surface area contributed by atoms with Crippen LogP contribution < -0.4 is 19.1 Å². The molecule has 1 amide bonds. The number of carbonyl (C=O) groups is 1. The van der Waals surface area contributed by atoms with Crippen LogP contribution in [0.3, 0.4) is 0 Å². The fourth-order valence-corrected chi connectivity index (χ4v) is 3.88. The first-order valence-corrected chi connectivity index (χ1v) is 9.23. The van der Waals surface area contributed by atoms with Crippen LogP contribution in [0.5, 0.6) is 17.2 Å². The monoisotopic (exact) mass is 419 g/mol. The molecule has 138 valence electrons. The number of nitrogens with zero attached hydrogens (tertiary/aromatic N) is 1. The van der Waals surface area contributed by atoms with Crippen molar-refractivity contribution in [1.29, 1.82) is 0 Å². The van der Waals surface area contributed by atoms with Gasteiger partial charge in [-0.2, -0.15) is 0 Å². The van der Waals surface area contributed by atoms with Crippen molar-refractivity contribution < 1.29 is 19.0 Å². The Kier molecular flexibility index (Phi) is 5.41. The predicted molar refractivity (Wildman–Crippen MR) is 105 cm³/mol. The van der Waals surface area contributed by atoms with Crippen molar-refractivity contribution in [1.82, 2.24) is 0 Å². The van der Waals surface area contributed by atoms with Gasteiger partial charge in [0, 0.05) is 34.4 Å². The van der Waals surface area contributed by atoms with E-state index >= 15 is 0 Å². The van der Waals surface area contributed by atoms with Crippen molar-refractivity contribution in [3.8, 4) is 17.2 Å². The van der Waals surface area contributed by atoms with E-state index in [9.17, 15) is 4.79 Å². The van der Waals surface area contributed by atoms with Gasteiger partial charge in [-0.3, -0.25) is 4.79 Å². The van der Waals surface area contributed by atoms with E-state index in [-0.39, 0.29) is 11.8 Å². The van der Waals surface area contributed by atoms with E-state index in [1.165, 1.54) is 0 Å². The van der Waals surface area contributed by atoms with E-state index in [4.69, 9.17) is 14.2 Å². The number of likely N-dealkylation sites (N-methyl/N-ethyl adjacent to an activating group) is 1. The Morgan fingerprint density at radius 1 is 1.04 bits per heavy atom. The molecule has 0 spiro atoms. The van der Waals surface area contributed by atoms with E-state index in [1.807, 2.05) is 42.2 Å². The van der Waals surface area contributed by atoms with Crippen molar-refractivity contribution >= 4 is 27.5 Å². The summed E-state index contributed by atoms with van der Waals surface area (Å²) in [6, 6.07) is 9.61. The van der Waals surface area contributed by atoms with Gasteiger partial charge in [-0.15, -0.1) is 0 Å². The number of fused-ring (bicyclic) bond motifs is 1. The number of hydrogen-bond donors (Lipinski definition) is 0. The van der Waals surface area contributed by atoms with Crippen molar-refractivity contribution in [2.24, 2.45) is 0 Å². The number of benzene rings is 2. The lowest BCUT2D eigenvalue weighted by Crippen LogP contribution is -2.29. The molecule has 0 saturated heterocycles. The number of hydrogen-bond acceptors (Lipinski definition) is 4. The maximum Gasteiger partial charge on any atom is 0.234 e. The second-order valence-corrected chi connectivity index (χ2v) is 6.97. The van der Waals surface area contributed by atoms with Crippen LogP contribution in [0.15, 0.2) is 34.8 Å². The second-order valence-electron chi connectivity index (χ2n) is 6.05. The summed E-state index contributed by atoms with van der Waals surface area (Å²) in [5, 5.41) is 0. The van der Waals surface area contributed by atoms with Gasteiger partial charge in [0.15, 0.2) is 0 Å². The average molecular weight is 420 g/mol. The summed E-state index contributed by atoms with van der Waals surface area (Å²) in [5.74, 6) is 1.78. The van der Waals surface area contributed by atoms with E-state index in [2.05, 4.69) is 15.9 Å². The quantitative estimate of drug-likeness (QED) is 0.704. The zero-order valence-electron chi connectivity index (χ0n) is 15.3. The van der Waals surface area contributed by atoms with Crippen LogP contribution in [0.25, 0.3) is 0 Å². The van der Waals surface area contributed by atoms with Crippen LogP contribution in [0, 0.1) is 0 Å². The maximum atomic E-state index is 13.0. The fourth-order valence-electron chi connectivity index (χ4n) is 3.50. The van der Waals surface area contributed by atoms with Crippen molar-refractivity contribution in [2.45, 2.75) is 19.3 Å². The molecular weight excluding hydrogens is 398 g/mol. The number of amides is 1. The topological polar surface area (TPSA) is 48.0 Å². The van der Waals surface area contributed by atoms with Crippen LogP contribution in [-0.2, 0) is 11.2 Å². The summed E-state index contributed by atoms with van der Waals surface area (Å²) in [7, 11) is 4.81. The molecule has 0 fully saturated rings. The van der Waals surface area contributed by atoms with Gasteiger partial charge in [-0.25, -0.2) is 0 Å². The molecular formula is C20H22BrNO4. The Bertz CT molecular complexity index is 812. The van der Waals surface area contributed by atoms with Gasteiger partial charge in [0.25, 0.3) is 0 Å². The average Bonchev–Trinajstić information content (AvgIpc) is 2.92. The summed E-state index contributed by atoms with van der Waals surface area (Å²) < 4.78 is 17.4. The standard InChI is InChI=1S/C20H22BrNO4/c1-5-22-17-7-6-12(21)8-14(17)15(20(22)23)11-16-18(25-3)9-13(24-2)10-19(16)26-4/h6-10,15H,5,11H2,1-4H3/t15-/m0/s1. The largest absolute Gasteiger partial charge is 0.496 e. The molecule has 0 N–H and O–H groups in total. The lowest BCUT2D eigenvalue weighted by Gasteiger charge is -2.18. The van der Waals surface area contributed by atoms with E-state index in [0.29, 0.717) is 30.2 Å². The van der Waals surface area contributed by atoms with Crippen molar-refractivity contribution in [3.05, 3.63) is 45.9 Å². The minimum atomic E-state index is -0.279. The third-order valence-electron chi connectivity index (χ3n) is 4.76. The molecule has 2 aromatic carbocycles. The number of ether oxygens (including phenoxy) is 3. The van der Waals surface area contributed by atoms with E-state index in [0.717, 1.165) is 21.3 Å². The lowest BCUT2D eigenvalue weighted by molar-refractivity contribution is -0.119. The molecule has 2 aromatic rings. The molecule has 1 aliphatic heterocycles. The Hall–Kier alpha value is -2.21. The Balaban J connectivity index is 2.07. The fraction of sp³-hybridized carbons (Fsp3) is 0.350. The maximum absolute atomic E-state index is 13.0. The Labute approximate surface area is 162 Å². The number of anilines is 1. The normalized spacial score (nSPS) is 15.8. The highest BCUT2D eigenvalue weighted by Crippen LogP contribution is 2.44. The van der Waals surface area contributed by atoms with Crippen molar-refractivity contribution in [2.75, 3.05) is 32.8 Å². The highest BCUT2D eigenvalue weighted by molar-refractivity contribution is 9.10. The van der Waals surface area contributed by atoms with Crippen LogP contribution in [-0.4, -0.2) is 33.8 Å². The number of halogens is 1. The van der Waals surface area contributed by atoms with Crippen LogP contribution in [0.1, 0.15) is 24.0 Å². The summed E-state index contributed by atoms with van der Waals surface area (Å²) in [4.78, 5) is 14.9. The van der Waals surface area contributed by atoms with Gasteiger partial charge in [0.2, 0.25) is 5.91 Å². The number of carbonyl (C=O) groups excluding carboxylic acids is 1.